The van der Waals surface area contributed by atoms with Gasteiger partial charge in [0.25, 0.3) is 0 Å². The monoisotopic (exact) mass is 856 g/mol. The van der Waals surface area contributed by atoms with Crippen molar-refractivity contribution in [3.8, 4) is 67.3 Å². The Kier molecular flexibility index (Phi) is 11.1. The van der Waals surface area contributed by atoms with Crippen molar-refractivity contribution in [2.24, 2.45) is 0 Å². The van der Waals surface area contributed by atoms with Crippen LogP contribution in [0.4, 0.5) is 0 Å². The highest BCUT2D eigenvalue weighted by atomic mass is 14.9. The van der Waals surface area contributed by atoms with Crippen LogP contribution in [-0.2, 0) is 0 Å². The molecule has 0 unspecified atom stereocenters. The predicted molar refractivity (Wildman–Crippen MR) is 279 cm³/mol. The first kappa shape index (κ1) is 40.8. The van der Waals surface area contributed by atoms with Gasteiger partial charge in [-0.3, -0.25) is 5.41 Å². The fourth-order valence-electron chi connectivity index (χ4n) is 8.82. The molecule has 0 radical (unpaired) electrons. The van der Waals surface area contributed by atoms with Gasteiger partial charge in [-0.25, -0.2) is 9.97 Å². The Morgan fingerprint density at radius 2 is 0.731 bits per heavy atom. The SMILES string of the molecule is N=C(/C(=C1\NC(c2ccccc2)=Cc2ccc(-c3ccc(-c4cc(-c5ccc(-c6ccccc6)cc5)nc(-c5ccc(-c6ccccc6)cc5)n4)cc3)cc21)c1ccccc1)c1ccccc1. The molecule has 0 saturated carbocycles. The van der Waals surface area contributed by atoms with Crippen LogP contribution in [0.3, 0.4) is 0 Å². The number of nitrogens with one attached hydrogen (secondary N) is 2. The normalized spacial score (nSPS) is 12.6. The van der Waals surface area contributed by atoms with Gasteiger partial charge in [-0.05, 0) is 68.3 Å². The molecule has 1 aromatic heterocycles. The summed E-state index contributed by atoms with van der Waals surface area (Å²) in [5.74, 6) is 0.669. The summed E-state index contributed by atoms with van der Waals surface area (Å²) in [5, 5.41) is 13.5. The van der Waals surface area contributed by atoms with E-state index in [1.165, 1.54) is 11.1 Å². The summed E-state index contributed by atoms with van der Waals surface area (Å²) in [5.41, 5.74) is 19.6. The molecular weight excluding hydrogens is 813 g/mol. The van der Waals surface area contributed by atoms with E-state index in [0.29, 0.717) is 11.5 Å². The Balaban J connectivity index is 0.993. The van der Waals surface area contributed by atoms with Crippen molar-refractivity contribution in [2.45, 2.75) is 0 Å². The first-order valence-corrected chi connectivity index (χ1v) is 22.6. The Morgan fingerprint density at radius 1 is 0.343 bits per heavy atom. The lowest BCUT2D eigenvalue weighted by Gasteiger charge is -2.27. The average Bonchev–Trinajstić information content (AvgIpc) is 3.42. The van der Waals surface area contributed by atoms with Gasteiger partial charge in [0.2, 0.25) is 0 Å². The van der Waals surface area contributed by atoms with Gasteiger partial charge >= 0.3 is 0 Å². The van der Waals surface area contributed by atoms with Crippen LogP contribution < -0.4 is 5.32 Å². The Labute approximate surface area is 391 Å². The summed E-state index contributed by atoms with van der Waals surface area (Å²) in [4.78, 5) is 10.4. The van der Waals surface area contributed by atoms with Crippen LogP contribution in [-0.4, -0.2) is 15.7 Å². The summed E-state index contributed by atoms with van der Waals surface area (Å²) < 4.78 is 0. The van der Waals surface area contributed by atoms with Crippen molar-refractivity contribution in [3.63, 3.8) is 0 Å². The zero-order valence-electron chi connectivity index (χ0n) is 36.6. The van der Waals surface area contributed by atoms with E-state index < -0.39 is 0 Å². The molecule has 316 valence electrons. The standard InChI is InChI=1S/C63H44N4/c64-61(52-24-14-5-15-25-52)60(51-22-12-4-13-23-51)62-56-40-54(38-39-55(56)41-57(65-62)48-20-10-3-11-21-48)47-28-34-50(35-29-47)59-42-58(49-32-26-45(27-33-49)43-16-6-1-7-17-43)66-63(67-59)53-36-30-46(31-37-53)44-18-8-2-9-19-44/h1-42,64-65H/b62-60-,64-61?. The smallest absolute Gasteiger partial charge is 0.160 e. The van der Waals surface area contributed by atoms with Crippen molar-refractivity contribution in [3.05, 3.63) is 277 Å². The van der Waals surface area contributed by atoms with Gasteiger partial charge in [0.1, 0.15) is 0 Å². The zero-order valence-corrected chi connectivity index (χ0v) is 36.6. The van der Waals surface area contributed by atoms with Gasteiger partial charge in [-0.1, -0.05) is 237 Å². The third-order valence-corrected chi connectivity index (χ3v) is 12.4. The van der Waals surface area contributed by atoms with E-state index in [1.54, 1.807) is 0 Å². The van der Waals surface area contributed by atoms with Gasteiger partial charge in [-0.2, -0.15) is 0 Å². The number of rotatable bonds is 10. The molecule has 67 heavy (non-hydrogen) atoms. The van der Waals surface area contributed by atoms with E-state index in [-0.39, 0.29) is 0 Å². The van der Waals surface area contributed by atoms with E-state index in [4.69, 9.17) is 9.97 Å². The van der Waals surface area contributed by atoms with E-state index in [2.05, 4.69) is 193 Å². The highest BCUT2D eigenvalue weighted by molar-refractivity contribution is 6.36. The number of benzene rings is 9. The van der Waals surface area contributed by atoms with Crippen LogP contribution in [0.2, 0.25) is 0 Å². The molecule has 1 aliphatic rings. The molecule has 4 heteroatoms. The number of allylic oxidation sites excluding steroid dienone is 1. The summed E-state index contributed by atoms with van der Waals surface area (Å²) >= 11 is 0. The third kappa shape index (κ3) is 8.55. The van der Waals surface area contributed by atoms with Gasteiger partial charge < -0.3 is 5.32 Å². The van der Waals surface area contributed by atoms with Crippen molar-refractivity contribution in [2.75, 3.05) is 0 Å². The highest BCUT2D eigenvalue weighted by Gasteiger charge is 2.24. The molecule has 2 heterocycles. The molecular formula is C63H44N4. The maximum Gasteiger partial charge on any atom is 0.160 e. The van der Waals surface area contributed by atoms with Crippen LogP contribution in [0, 0.1) is 5.41 Å². The molecule has 2 N–H and O–H groups in total. The largest absolute Gasteiger partial charge is 0.354 e. The molecule has 0 aliphatic carbocycles. The highest BCUT2D eigenvalue weighted by Crippen LogP contribution is 2.39. The minimum atomic E-state index is 0.451. The van der Waals surface area contributed by atoms with Gasteiger partial charge in [0.15, 0.2) is 5.82 Å². The topological polar surface area (TPSA) is 61.7 Å². The van der Waals surface area contributed by atoms with Gasteiger partial charge in [0.05, 0.1) is 22.8 Å². The number of aromatic nitrogens is 2. The zero-order chi connectivity index (χ0) is 44.9. The van der Waals surface area contributed by atoms with Crippen LogP contribution in [0.15, 0.2) is 249 Å². The fourth-order valence-corrected chi connectivity index (χ4v) is 8.82. The second-order valence-corrected chi connectivity index (χ2v) is 16.6. The lowest BCUT2D eigenvalue weighted by molar-refractivity contribution is 1.18. The summed E-state index contributed by atoms with van der Waals surface area (Å²) in [6.45, 7) is 0. The van der Waals surface area contributed by atoms with Crippen LogP contribution in [0.25, 0.3) is 90.3 Å². The quantitative estimate of drug-likeness (QED) is 0.135. The molecule has 1 aliphatic heterocycles. The van der Waals surface area contributed by atoms with Gasteiger partial charge in [-0.15, -0.1) is 0 Å². The molecule has 10 aromatic rings. The summed E-state index contributed by atoms with van der Waals surface area (Å²) in [6, 6.07) is 86.1. The molecule has 0 atom stereocenters. The number of fused-ring (bicyclic) bond motifs is 1. The first-order chi connectivity index (χ1) is 33.1. The molecule has 0 saturated heterocycles. The van der Waals surface area contributed by atoms with Gasteiger partial charge in [0, 0.05) is 39.1 Å². The fraction of sp³-hybridized carbons (Fsp3) is 0. The molecule has 0 spiro atoms. The van der Waals surface area contributed by atoms with Crippen molar-refractivity contribution >= 4 is 28.8 Å². The number of hydrogen-bond donors (Lipinski definition) is 2. The summed E-state index contributed by atoms with van der Waals surface area (Å²) in [6.07, 6.45) is 2.21. The first-order valence-electron chi connectivity index (χ1n) is 22.6. The lowest BCUT2D eigenvalue weighted by atomic mass is 9.86. The van der Waals surface area contributed by atoms with Crippen molar-refractivity contribution in [1.82, 2.24) is 15.3 Å². The van der Waals surface area contributed by atoms with Crippen molar-refractivity contribution in [1.29, 1.82) is 5.41 Å². The number of hydrogen-bond acceptors (Lipinski definition) is 4. The minimum absolute atomic E-state index is 0.451. The van der Waals surface area contributed by atoms with Crippen LogP contribution in [0.1, 0.15) is 27.8 Å². The van der Waals surface area contributed by atoms with Crippen LogP contribution in [0.5, 0.6) is 0 Å². The maximum atomic E-state index is 9.70. The van der Waals surface area contributed by atoms with Crippen molar-refractivity contribution < 1.29 is 0 Å². The molecule has 0 amide bonds. The molecule has 9 aromatic carbocycles. The number of nitrogens with zero attached hydrogens (tertiary/aromatic N) is 2. The Bertz CT molecular complexity index is 3320. The van der Waals surface area contributed by atoms with E-state index in [9.17, 15) is 5.41 Å². The second kappa shape index (κ2) is 18.2. The molecule has 4 nitrogen and oxygen atoms in total. The second-order valence-electron chi connectivity index (χ2n) is 16.6. The third-order valence-electron chi connectivity index (χ3n) is 12.4. The molecule has 11 rings (SSSR count). The maximum absolute atomic E-state index is 9.70. The molecule has 0 bridgehead atoms. The van der Waals surface area contributed by atoms with E-state index in [0.717, 1.165) is 95.1 Å². The Morgan fingerprint density at radius 3 is 1.24 bits per heavy atom. The average molecular weight is 857 g/mol. The minimum Gasteiger partial charge on any atom is -0.354 e. The lowest BCUT2D eigenvalue weighted by Crippen LogP contribution is -2.20. The van der Waals surface area contributed by atoms with E-state index in [1.807, 2.05) is 66.7 Å². The van der Waals surface area contributed by atoms with E-state index >= 15 is 0 Å². The predicted octanol–water partition coefficient (Wildman–Crippen LogP) is 15.5. The molecule has 0 fully saturated rings. The summed E-state index contributed by atoms with van der Waals surface area (Å²) in [7, 11) is 0. The van der Waals surface area contributed by atoms with Crippen LogP contribution >= 0.6 is 0 Å². The Hall–Kier alpha value is -8.99.